The fourth-order valence-corrected chi connectivity index (χ4v) is 5.76. The van der Waals surface area contributed by atoms with E-state index >= 15 is 0 Å². The SMILES string of the molecule is O=C(NCC1CCCC1C(=O)N1CCOCC1C(=O)O)OCC1c2ccccc2-c2ccccc21. The summed E-state index contributed by atoms with van der Waals surface area (Å²) in [4.78, 5) is 38.7. The highest BCUT2D eigenvalue weighted by molar-refractivity contribution is 5.86. The lowest BCUT2D eigenvalue weighted by Gasteiger charge is -2.35. The molecule has 1 heterocycles. The second-order valence-electron chi connectivity index (χ2n) is 9.46. The van der Waals surface area contributed by atoms with Crippen LogP contribution >= 0.6 is 0 Å². The molecule has 1 aliphatic heterocycles. The highest BCUT2D eigenvalue weighted by Gasteiger charge is 2.41. The van der Waals surface area contributed by atoms with E-state index in [4.69, 9.17) is 9.47 Å². The van der Waals surface area contributed by atoms with E-state index < -0.39 is 18.1 Å². The number of nitrogens with zero attached hydrogens (tertiary/aromatic N) is 1. The number of benzene rings is 2. The maximum atomic E-state index is 13.2. The van der Waals surface area contributed by atoms with Crippen molar-refractivity contribution in [1.29, 1.82) is 0 Å². The van der Waals surface area contributed by atoms with Gasteiger partial charge in [-0.2, -0.15) is 0 Å². The number of amides is 2. The Hall–Kier alpha value is -3.39. The highest BCUT2D eigenvalue weighted by atomic mass is 16.5. The first-order valence-corrected chi connectivity index (χ1v) is 12.2. The number of carbonyl (C=O) groups excluding carboxylic acids is 2. The van der Waals surface area contributed by atoms with Crippen molar-refractivity contribution in [1.82, 2.24) is 10.2 Å². The van der Waals surface area contributed by atoms with Gasteiger partial charge >= 0.3 is 12.1 Å². The van der Waals surface area contributed by atoms with Crippen molar-refractivity contribution in [2.75, 3.05) is 32.9 Å². The molecular formula is C27H30N2O6. The molecular weight excluding hydrogens is 448 g/mol. The van der Waals surface area contributed by atoms with E-state index in [2.05, 4.69) is 29.6 Å². The fraction of sp³-hybridized carbons (Fsp3) is 0.444. The Morgan fingerprint density at radius 2 is 1.71 bits per heavy atom. The number of alkyl carbamates (subject to hydrolysis) is 1. The van der Waals surface area contributed by atoms with Crippen molar-refractivity contribution in [3.8, 4) is 11.1 Å². The summed E-state index contributed by atoms with van der Waals surface area (Å²) in [6, 6.07) is 15.4. The summed E-state index contributed by atoms with van der Waals surface area (Å²) >= 11 is 0. The normalized spacial score (nSPS) is 23.4. The van der Waals surface area contributed by atoms with E-state index in [1.165, 1.54) is 16.0 Å². The van der Waals surface area contributed by atoms with E-state index in [1.54, 1.807) is 0 Å². The van der Waals surface area contributed by atoms with Gasteiger partial charge in [0.15, 0.2) is 6.04 Å². The van der Waals surface area contributed by atoms with Crippen LogP contribution in [0.4, 0.5) is 4.79 Å². The molecule has 8 heteroatoms. The number of ether oxygens (including phenoxy) is 2. The van der Waals surface area contributed by atoms with Crippen molar-refractivity contribution in [2.45, 2.75) is 31.2 Å². The number of hydrogen-bond acceptors (Lipinski definition) is 5. The minimum absolute atomic E-state index is 0.0104. The maximum absolute atomic E-state index is 13.2. The zero-order valence-corrected chi connectivity index (χ0v) is 19.5. The molecule has 2 aromatic carbocycles. The predicted octanol–water partition coefficient (Wildman–Crippen LogP) is 3.25. The van der Waals surface area contributed by atoms with Gasteiger partial charge in [-0.1, -0.05) is 55.0 Å². The molecule has 2 fully saturated rings. The first-order valence-electron chi connectivity index (χ1n) is 12.2. The third-order valence-corrected chi connectivity index (χ3v) is 7.53. The molecule has 2 amide bonds. The van der Waals surface area contributed by atoms with Crippen molar-refractivity contribution >= 4 is 18.0 Å². The number of morpholine rings is 1. The van der Waals surface area contributed by atoms with E-state index in [-0.39, 0.29) is 43.4 Å². The number of carbonyl (C=O) groups is 3. The Morgan fingerprint density at radius 1 is 1.03 bits per heavy atom. The Labute approximate surface area is 204 Å². The molecule has 184 valence electrons. The molecule has 1 saturated carbocycles. The fourth-order valence-electron chi connectivity index (χ4n) is 5.76. The molecule has 8 nitrogen and oxygen atoms in total. The van der Waals surface area contributed by atoms with Crippen LogP contribution in [0.15, 0.2) is 48.5 Å². The Bertz CT molecular complexity index is 1070. The maximum Gasteiger partial charge on any atom is 0.407 e. The summed E-state index contributed by atoms with van der Waals surface area (Å²) in [5.74, 6) is -1.56. The summed E-state index contributed by atoms with van der Waals surface area (Å²) in [7, 11) is 0. The van der Waals surface area contributed by atoms with Crippen molar-refractivity contribution in [3.63, 3.8) is 0 Å². The number of hydrogen-bond donors (Lipinski definition) is 2. The van der Waals surface area contributed by atoms with Gasteiger partial charge < -0.3 is 24.8 Å². The van der Waals surface area contributed by atoms with Gasteiger partial charge in [0.2, 0.25) is 5.91 Å². The second-order valence-corrected chi connectivity index (χ2v) is 9.46. The summed E-state index contributed by atoms with van der Waals surface area (Å²) in [5, 5.41) is 12.3. The van der Waals surface area contributed by atoms with Crippen LogP contribution in [0.1, 0.15) is 36.3 Å². The summed E-state index contributed by atoms with van der Waals surface area (Å²) in [5.41, 5.74) is 4.65. The van der Waals surface area contributed by atoms with Gasteiger partial charge in [0, 0.05) is 24.9 Å². The Kier molecular flexibility index (Phi) is 6.72. The zero-order valence-electron chi connectivity index (χ0n) is 19.5. The molecule has 0 spiro atoms. The van der Waals surface area contributed by atoms with Gasteiger partial charge in [0.05, 0.1) is 13.2 Å². The summed E-state index contributed by atoms with van der Waals surface area (Å²) < 4.78 is 10.9. The number of carboxylic acids is 1. The molecule has 3 unspecified atom stereocenters. The smallest absolute Gasteiger partial charge is 0.407 e. The van der Waals surface area contributed by atoms with Crippen LogP contribution in [0, 0.1) is 11.8 Å². The third-order valence-electron chi connectivity index (χ3n) is 7.53. The number of fused-ring (bicyclic) bond motifs is 3. The minimum atomic E-state index is -1.05. The third kappa shape index (κ3) is 4.62. The summed E-state index contributed by atoms with van der Waals surface area (Å²) in [6.45, 7) is 1.19. The highest BCUT2D eigenvalue weighted by Crippen LogP contribution is 2.44. The largest absolute Gasteiger partial charge is 0.480 e. The summed E-state index contributed by atoms with van der Waals surface area (Å²) in [6.07, 6.45) is 1.87. The minimum Gasteiger partial charge on any atom is -0.480 e. The molecule has 5 rings (SSSR count). The van der Waals surface area contributed by atoms with Crippen LogP contribution in [-0.2, 0) is 19.1 Å². The van der Waals surface area contributed by atoms with E-state index in [1.807, 2.05) is 24.3 Å². The predicted molar refractivity (Wildman–Crippen MR) is 128 cm³/mol. The lowest BCUT2D eigenvalue weighted by atomic mass is 9.93. The standard InChI is InChI=1S/C27H30N2O6/c30-25(29-12-13-34-16-24(29)26(31)32)18-11-5-6-17(18)14-28-27(33)35-15-23-21-9-3-1-7-19(21)20-8-2-4-10-22(20)23/h1-4,7-10,17-18,23-24H,5-6,11-16H2,(H,28,33)(H,31,32). The first-order chi connectivity index (χ1) is 17.0. The molecule has 2 aromatic rings. The number of rotatable bonds is 6. The molecule has 3 atom stereocenters. The molecule has 0 bridgehead atoms. The first kappa shape index (κ1) is 23.4. The molecule has 0 aromatic heterocycles. The Balaban J connectivity index is 1.17. The van der Waals surface area contributed by atoms with Crippen LogP contribution < -0.4 is 5.32 Å². The van der Waals surface area contributed by atoms with Crippen molar-refractivity contribution in [2.24, 2.45) is 11.8 Å². The molecule has 0 radical (unpaired) electrons. The second kappa shape index (κ2) is 10.1. The molecule has 2 N–H and O–H groups in total. The monoisotopic (exact) mass is 478 g/mol. The van der Waals surface area contributed by atoms with Gasteiger partial charge in [-0.15, -0.1) is 0 Å². The Morgan fingerprint density at radius 3 is 2.40 bits per heavy atom. The van der Waals surface area contributed by atoms with E-state index in [0.29, 0.717) is 19.6 Å². The van der Waals surface area contributed by atoms with E-state index in [0.717, 1.165) is 24.0 Å². The average molecular weight is 479 g/mol. The lowest BCUT2D eigenvalue weighted by Crippen LogP contribution is -2.55. The lowest BCUT2D eigenvalue weighted by molar-refractivity contribution is -0.160. The van der Waals surface area contributed by atoms with Gasteiger partial charge in [-0.05, 0) is 41.0 Å². The van der Waals surface area contributed by atoms with Crippen LogP contribution in [0.2, 0.25) is 0 Å². The van der Waals surface area contributed by atoms with Crippen LogP contribution in [0.5, 0.6) is 0 Å². The van der Waals surface area contributed by atoms with Gasteiger partial charge in [0.1, 0.15) is 6.61 Å². The van der Waals surface area contributed by atoms with Crippen LogP contribution in [0.3, 0.4) is 0 Å². The zero-order chi connectivity index (χ0) is 24.4. The topological polar surface area (TPSA) is 105 Å². The van der Waals surface area contributed by atoms with Crippen LogP contribution in [-0.4, -0.2) is 66.9 Å². The molecule has 1 saturated heterocycles. The van der Waals surface area contributed by atoms with Crippen LogP contribution in [0.25, 0.3) is 11.1 Å². The van der Waals surface area contributed by atoms with Crippen molar-refractivity contribution in [3.05, 3.63) is 59.7 Å². The number of aliphatic carboxylic acids is 1. The van der Waals surface area contributed by atoms with Gasteiger partial charge in [-0.25, -0.2) is 9.59 Å². The van der Waals surface area contributed by atoms with Crippen molar-refractivity contribution < 1.29 is 29.0 Å². The molecule has 3 aliphatic rings. The number of carboxylic acid groups (broad SMARTS) is 1. The van der Waals surface area contributed by atoms with E-state index in [9.17, 15) is 19.5 Å². The number of nitrogens with one attached hydrogen (secondary N) is 1. The van der Waals surface area contributed by atoms with Gasteiger partial charge in [0.25, 0.3) is 0 Å². The molecule has 35 heavy (non-hydrogen) atoms. The van der Waals surface area contributed by atoms with Gasteiger partial charge in [-0.3, -0.25) is 4.79 Å². The average Bonchev–Trinajstić information content (AvgIpc) is 3.48. The molecule has 2 aliphatic carbocycles. The quantitative estimate of drug-likeness (QED) is 0.660.